The lowest BCUT2D eigenvalue weighted by Crippen LogP contribution is -2.71. The van der Waals surface area contributed by atoms with E-state index in [1.54, 1.807) is 4.90 Å². The molecule has 0 amide bonds. The Morgan fingerprint density at radius 3 is 2.50 bits per heavy atom. The third-order valence-electron chi connectivity index (χ3n) is 4.59. The molecule has 5 nitrogen and oxygen atoms in total. The van der Waals surface area contributed by atoms with Crippen molar-refractivity contribution in [3.63, 3.8) is 0 Å². The van der Waals surface area contributed by atoms with Crippen molar-refractivity contribution in [1.82, 2.24) is 10.3 Å². The van der Waals surface area contributed by atoms with Crippen LogP contribution in [0.4, 0.5) is 24.7 Å². The first-order chi connectivity index (χ1) is 13.4. The number of pyridine rings is 1. The Balaban J connectivity index is 0.00000109. The van der Waals surface area contributed by atoms with Crippen molar-refractivity contribution in [3.05, 3.63) is 46.9 Å². The van der Waals surface area contributed by atoms with Gasteiger partial charge in [0.05, 0.1) is 5.69 Å². The highest BCUT2D eigenvalue weighted by Gasteiger charge is 2.48. The zero-order chi connectivity index (χ0) is 20.5. The van der Waals surface area contributed by atoms with Gasteiger partial charge in [-0.1, -0.05) is 31.5 Å². The maximum atomic E-state index is 14.6. The minimum atomic E-state index is -2.33. The Morgan fingerprint density at radius 1 is 1.25 bits per heavy atom. The van der Waals surface area contributed by atoms with Gasteiger partial charge in [-0.25, -0.2) is 18.0 Å². The highest BCUT2D eigenvalue weighted by molar-refractivity contribution is 7.86. The Hall–Kier alpha value is -1.84. The summed E-state index contributed by atoms with van der Waals surface area (Å²) in [5, 5.41) is 2.89. The summed E-state index contributed by atoms with van der Waals surface area (Å²) in [5.41, 5.74) is 0.395. The number of hydrogen-bond acceptors (Lipinski definition) is 4. The third-order valence-corrected chi connectivity index (χ3v) is 6.09. The number of benzene rings is 1. The zero-order valence-electron chi connectivity index (χ0n) is 15.4. The number of halogens is 4. The van der Waals surface area contributed by atoms with Crippen LogP contribution in [0.2, 0.25) is 5.02 Å². The van der Waals surface area contributed by atoms with Gasteiger partial charge in [-0.2, -0.15) is 4.39 Å². The number of aromatic nitrogens is 1. The highest BCUT2D eigenvalue weighted by Crippen LogP contribution is 2.42. The molecule has 10 heteroatoms. The van der Waals surface area contributed by atoms with E-state index in [-0.39, 0.29) is 21.9 Å². The van der Waals surface area contributed by atoms with Crippen LogP contribution in [-0.4, -0.2) is 35.4 Å². The van der Waals surface area contributed by atoms with Crippen molar-refractivity contribution in [2.75, 3.05) is 35.8 Å². The maximum absolute atomic E-state index is 14.6. The summed E-state index contributed by atoms with van der Waals surface area (Å²) in [6, 6.07) is 4.84. The zero-order valence-corrected chi connectivity index (χ0v) is 16.9. The molecule has 2 saturated heterocycles. The molecule has 4 rings (SSSR count). The predicted molar refractivity (Wildman–Crippen MR) is 104 cm³/mol. The van der Waals surface area contributed by atoms with E-state index in [1.807, 2.05) is 13.8 Å². The Morgan fingerprint density at radius 2 is 1.93 bits per heavy atom. The molecule has 152 valence electrons. The van der Waals surface area contributed by atoms with E-state index in [0.717, 1.165) is 25.2 Å². The van der Waals surface area contributed by atoms with Gasteiger partial charge in [-0.15, -0.1) is 0 Å². The fourth-order valence-electron chi connectivity index (χ4n) is 3.21. The van der Waals surface area contributed by atoms with Crippen molar-refractivity contribution in [1.29, 1.82) is 0 Å². The fraction of sp³-hybridized carbons (Fsp3) is 0.389. The lowest BCUT2D eigenvalue weighted by atomic mass is 9.74. The molecule has 2 aliphatic heterocycles. The largest absolute Gasteiger partial charge is 0.369 e. The van der Waals surface area contributed by atoms with E-state index < -0.39 is 33.5 Å². The van der Waals surface area contributed by atoms with E-state index in [9.17, 15) is 17.4 Å². The van der Waals surface area contributed by atoms with Crippen LogP contribution in [0, 0.1) is 23.0 Å². The number of nitrogens with one attached hydrogen (secondary N) is 2. The topological polar surface area (TPSA) is 57.3 Å². The number of hydrogen-bond donors (Lipinski definition) is 2. The van der Waals surface area contributed by atoms with Crippen LogP contribution < -0.4 is 14.9 Å². The molecule has 1 aromatic carbocycles. The van der Waals surface area contributed by atoms with E-state index in [2.05, 4.69) is 15.0 Å². The third kappa shape index (κ3) is 3.83. The van der Waals surface area contributed by atoms with Crippen LogP contribution in [0.1, 0.15) is 13.8 Å². The first-order valence-corrected chi connectivity index (χ1v) is 10.4. The van der Waals surface area contributed by atoms with Crippen LogP contribution in [0.15, 0.2) is 29.2 Å². The second-order valence-electron chi connectivity index (χ2n) is 6.51. The van der Waals surface area contributed by atoms with Crippen LogP contribution in [-0.2, 0) is 11.0 Å². The highest BCUT2D eigenvalue weighted by atomic mass is 35.5. The Bertz CT molecular complexity index is 903. The summed E-state index contributed by atoms with van der Waals surface area (Å²) in [6.45, 7) is 7.07. The average Bonchev–Trinajstić information content (AvgIpc) is 2.58. The fourth-order valence-corrected chi connectivity index (χ4v) is 4.44. The van der Waals surface area contributed by atoms with Crippen molar-refractivity contribution in [2.24, 2.45) is 5.41 Å². The summed E-state index contributed by atoms with van der Waals surface area (Å²) in [5.74, 6) is -3.00. The summed E-state index contributed by atoms with van der Waals surface area (Å²) in [7, 11) is -2.33. The summed E-state index contributed by atoms with van der Waals surface area (Å²) in [6.07, 6.45) is 0. The van der Waals surface area contributed by atoms with Crippen molar-refractivity contribution in [3.8, 4) is 0 Å². The SMILES string of the molecule is CC.O=S(Nc1cccc(F)n1)c1c(F)cc(N2CC3(CNC3)C2)c(Cl)c1F. The van der Waals surface area contributed by atoms with Crippen LogP contribution in [0.25, 0.3) is 0 Å². The van der Waals surface area contributed by atoms with Gasteiger partial charge in [0.1, 0.15) is 21.6 Å². The molecular weight excluding hydrogens is 413 g/mol. The molecule has 1 aromatic heterocycles. The van der Waals surface area contributed by atoms with Gasteiger partial charge in [0.2, 0.25) is 5.95 Å². The maximum Gasteiger partial charge on any atom is 0.214 e. The molecule has 28 heavy (non-hydrogen) atoms. The molecule has 2 fully saturated rings. The van der Waals surface area contributed by atoms with E-state index in [0.29, 0.717) is 13.1 Å². The van der Waals surface area contributed by atoms with Gasteiger partial charge >= 0.3 is 0 Å². The Labute approximate surface area is 168 Å². The van der Waals surface area contributed by atoms with Gasteiger partial charge in [0.25, 0.3) is 0 Å². The second-order valence-corrected chi connectivity index (χ2v) is 8.04. The molecule has 3 heterocycles. The van der Waals surface area contributed by atoms with Crippen molar-refractivity contribution < 1.29 is 17.4 Å². The quantitative estimate of drug-likeness (QED) is 0.571. The summed E-state index contributed by atoms with van der Waals surface area (Å²) >= 11 is 6.07. The minimum Gasteiger partial charge on any atom is -0.369 e. The first-order valence-electron chi connectivity index (χ1n) is 8.83. The second kappa shape index (κ2) is 8.26. The monoisotopic (exact) mass is 432 g/mol. The van der Waals surface area contributed by atoms with Crippen LogP contribution >= 0.6 is 11.6 Å². The lowest BCUT2D eigenvalue weighted by molar-refractivity contribution is 0.121. The molecular formula is C18H20ClF3N4OS. The van der Waals surface area contributed by atoms with Gasteiger partial charge in [-0.3, -0.25) is 4.72 Å². The number of rotatable bonds is 4. The molecule has 2 N–H and O–H groups in total. The molecule has 0 bridgehead atoms. The van der Waals surface area contributed by atoms with Gasteiger partial charge in [0.15, 0.2) is 16.8 Å². The minimum absolute atomic E-state index is 0.107. The molecule has 1 atom stereocenters. The Kier molecular flexibility index (Phi) is 6.16. The molecule has 1 spiro atoms. The molecule has 0 saturated carbocycles. The molecule has 0 aliphatic carbocycles. The summed E-state index contributed by atoms with van der Waals surface area (Å²) < 4.78 is 56.8. The summed E-state index contributed by atoms with van der Waals surface area (Å²) in [4.78, 5) is 4.54. The lowest BCUT2D eigenvalue weighted by Gasteiger charge is -2.57. The first kappa shape index (κ1) is 20.9. The number of nitrogens with zero attached hydrogens (tertiary/aromatic N) is 2. The van der Waals surface area contributed by atoms with E-state index >= 15 is 0 Å². The van der Waals surface area contributed by atoms with Crippen LogP contribution in [0.5, 0.6) is 0 Å². The molecule has 0 radical (unpaired) electrons. The predicted octanol–water partition coefficient (Wildman–Crippen LogP) is 3.72. The molecule has 1 unspecified atom stereocenters. The normalized spacial score (nSPS) is 17.9. The van der Waals surface area contributed by atoms with Gasteiger partial charge in [0, 0.05) is 37.7 Å². The molecule has 2 aliphatic rings. The standard InChI is InChI=1S/C16H14ClF3N4OS.C2H6/c17-13-10(24-7-16(8-24)5-21-6-16)4-9(18)15(14(13)20)26(25)23-12-3-1-2-11(19)22-12;1-2/h1-4,21H,5-8H2,(H,22,23);1-2H3. The van der Waals surface area contributed by atoms with Gasteiger partial charge in [-0.05, 0) is 12.1 Å². The molecule has 2 aromatic rings. The van der Waals surface area contributed by atoms with Crippen LogP contribution in [0.3, 0.4) is 0 Å². The smallest absolute Gasteiger partial charge is 0.214 e. The van der Waals surface area contributed by atoms with E-state index in [1.165, 1.54) is 12.1 Å². The number of anilines is 2. The van der Waals surface area contributed by atoms with Crippen molar-refractivity contribution in [2.45, 2.75) is 18.7 Å². The van der Waals surface area contributed by atoms with Gasteiger partial charge < -0.3 is 10.2 Å². The van der Waals surface area contributed by atoms with E-state index in [4.69, 9.17) is 11.6 Å². The average molecular weight is 433 g/mol. The van der Waals surface area contributed by atoms with Crippen molar-refractivity contribution >= 4 is 34.1 Å².